The summed E-state index contributed by atoms with van der Waals surface area (Å²) in [5.41, 5.74) is 0. The third kappa shape index (κ3) is 1.87. The summed E-state index contributed by atoms with van der Waals surface area (Å²) in [7, 11) is 3.18. The lowest BCUT2D eigenvalue weighted by Crippen LogP contribution is -2.68. The van der Waals surface area contributed by atoms with E-state index in [0.717, 1.165) is 12.8 Å². The second-order valence-electron chi connectivity index (χ2n) is 4.34. The standard InChI is InChI=1S/C10H17NO4/c1-14-10(15-2)5-11(6-10)8(9(12)13)7-3-4-7/h7-8H,3-6H2,1-2H3,(H,12,13). The number of nitrogens with zero attached hydrogens (tertiary/aromatic N) is 1. The summed E-state index contributed by atoms with van der Waals surface area (Å²) in [6.45, 7) is 1.10. The van der Waals surface area contributed by atoms with E-state index in [-0.39, 0.29) is 6.04 Å². The SMILES string of the molecule is COC1(OC)CN(C(C(=O)O)C2CC2)C1. The number of hydrogen-bond donors (Lipinski definition) is 1. The van der Waals surface area contributed by atoms with Crippen LogP contribution >= 0.6 is 0 Å². The molecule has 0 aromatic rings. The van der Waals surface area contributed by atoms with Crippen LogP contribution in [0.1, 0.15) is 12.8 Å². The van der Waals surface area contributed by atoms with Gasteiger partial charge in [-0.15, -0.1) is 0 Å². The second-order valence-corrected chi connectivity index (χ2v) is 4.34. The Morgan fingerprint density at radius 2 is 1.93 bits per heavy atom. The summed E-state index contributed by atoms with van der Waals surface area (Å²) in [6, 6.07) is -0.344. The Morgan fingerprint density at radius 1 is 1.40 bits per heavy atom. The molecule has 5 nitrogen and oxygen atoms in total. The molecule has 0 bridgehead atoms. The molecule has 1 aliphatic heterocycles. The zero-order valence-corrected chi connectivity index (χ0v) is 9.10. The molecule has 1 aliphatic carbocycles. The number of carboxylic acids is 1. The van der Waals surface area contributed by atoms with Gasteiger partial charge in [0, 0.05) is 14.2 Å². The van der Waals surface area contributed by atoms with Crippen LogP contribution in [0.25, 0.3) is 0 Å². The topological polar surface area (TPSA) is 59.0 Å². The lowest BCUT2D eigenvalue weighted by atomic mass is 10.0. The molecule has 2 rings (SSSR count). The number of methoxy groups -OCH3 is 2. The van der Waals surface area contributed by atoms with Crippen LogP contribution in [0, 0.1) is 5.92 Å². The molecular formula is C10H17NO4. The van der Waals surface area contributed by atoms with Crippen LogP contribution in [0.2, 0.25) is 0 Å². The van der Waals surface area contributed by atoms with Gasteiger partial charge in [-0.2, -0.15) is 0 Å². The average Bonchev–Trinajstić information content (AvgIpc) is 2.93. The zero-order valence-electron chi connectivity index (χ0n) is 9.10. The summed E-state index contributed by atoms with van der Waals surface area (Å²) in [6.07, 6.45) is 2.06. The summed E-state index contributed by atoms with van der Waals surface area (Å²) >= 11 is 0. The third-order valence-corrected chi connectivity index (χ3v) is 3.35. The number of ether oxygens (including phenoxy) is 2. The van der Waals surface area contributed by atoms with E-state index in [0.29, 0.717) is 19.0 Å². The van der Waals surface area contributed by atoms with Crippen LogP contribution in [0.4, 0.5) is 0 Å². The fraction of sp³-hybridized carbons (Fsp3) is 0.900. The number of aliphatic carboxylic acids is 1. The van der Waals surface area contributed by atoms with E-state index in [2.05, 4.69) is 0 Å². The van der Waals surface area contributed by atoms with Crippen LogP contribution in [-0.2, 0) is 14.3 Å². The fourth-order valence-corrected chi connectivity index (χ4v) is 2.18. The van der Waals surface area contributed by atoms with Crippen molar-refractivity contribution in [3.8, 4) is 0 Å². The van der Waals surface area contributed by atoms with E-state index in [1.54, 1.807) is 14.2 Å². The summed E-state index contributed by atoms with van der Waals surface area (Å²) in [5, 5.41) is 9.11. The predicted molar refractivity (Wildman–Crippen MR) is 52.5 cm³/mol. The van der Waals surface area contributed by atoms with Gasteiger partial charge < -0.3 is 14.6 Å². The Kier molecular flexibility index (Phi) is 2.70. The molecule has 1 unspecified atom stereocenters. The van der Waals surface area contributed by atoms with E-state index in [1.807, 2.05) is 4.90 Å². The molecule has 2 aliphatic rings. The van der Waals surface area contributed by atoms with Crippen molar-refractivity contribution in [1.82, 2.24) is 4.90 Å². The minimum atomic E-state index is -0.724. The Bertz CT molecular complexity index is 252. The molecule has 1 N–H and O–H groups in total. The summed E-state index contributed by atoms with van der Waals surface area (Å²) in [5.74, 6) is -0.977. The molecule has 0 spiro atoms. The average molecular weight is 215 g/mol. The van der Waals surface area contributed by atoms with Crippen molar-refractivity contribution in [1.29, 1.82) is 0 Å². The van der Waals surface area contributed by atoms with E-state index < -0.39 is 11.8 Å². The maximum Gasteiger partial charge on any atom is 0.321 e. The van der Waals surface area contributed by atoms with Crippen LogP contribution in [0.3, 0.4) is 0 Å². The molecule has 0 radical (unpaired) electrons. The molecule has 86 valence electrons. The van der Waals surface area contributed by atoms with E-state index in [9.17, 15) is 4.79 Å². The lowest BCUT2D eigenvalue weighted by Gasteiger charge is -2.49. The number of carboxylic acid groups (broad SMARTS) is 1. The zero-order chi connectivity index (χ0) is 11.1. The van der Waals surface area contributed by atoms with Gasteiger partial charge in [-0.05, 0) is 18.8 Å². The van der Waals surface area contributed by atoms with Crippen molar-refractivity contribution in [2.45, 2.75) is 24.7 Å². The molecule has 1 saturated carbocycles. The molecule has 1 saturated heterocycles. The summed E-state index contributed by atoms with van der Waals surface area (Å²) < 4.78 is 10.5. The molecule has 15 heavy (non-hydrogen) atoms. The lowest BCUT2D eigenvalue weighted by molar-refractivity contribution is -0.282. The van der Waals surface area contributed by atoms with Crippen molar-refractivity contribution in [2.75, 3.05) is 27.3 Å². The quantitative estimate of drug-likeness (QED) is 0.662. The van der Waals surface area contributed by atoms with Crippen LogP contribution in [0.15, 0.2) is 0 Å². The highest BCUT2D eigenvalue weighted by molar-refractivity contribution is 5.74. The van der Waals surface area contributed by atoms with Gasteiger partial charge in [-0.25, -0.2) is 0 Å². The predicted octanol–water partition coefficient (Wildman–Crippen LogP) is 0.154. The fourth-order valence-electron chi connectivity index (χ4n) is 2.18. The van der Waals surface area contributed by atoms with Gasteiger partial charge in [-0.1, -0.05) is 0 Å². The third-order valence-electron chi connectivity index (χ3n) is 3.35. The largest absolute Gasteiger partial charge is 0.480 e. The molecule has 0 aromatic carbocycles. The van der Waals surface area contributed by atoms with Crippen LogP contribution < -0.4 is 0 Å². The Morgan fingerprint density at radius 3 is 2.27 bits per heavy atom. The van der Waals surface area contributed by atoms with Crippen molar-refractivity contribution in [3.05, 3.63) is 0 Å². The molecule has 2 fully saturated rings. The Labute approximate surface area is 89.0 Å². The van der Waals surface area contributed by atoms with Crippen molar-refractivity contribution in [2.24, 2.45) is 5.92 Å². The van der Waals surface area contributed by atoms with Crippen LogP contribution in [0.5, 0.6) is 0 Å². The monoisotopic (exact) mass is 215 g/mol. The van der Waals surface area contributed by atoms with Gasteiger partial charge in [0.1, 0.15) is 6.04 Å². The van der Waals surface area contributed by atoms with Crippen molar-refractivity contribution in [3.63, 3.8) is 0 Å². The molecule has 0 amide bonds. The van der Waals surface area contributed by atoms with E-state index in [4.69, 9.17) is 14.6 Å². The van der Waals surface area contributed by atoms with E-state index >= 15 is 0 Å². The number of likely N-dealkylation sites (tertiary alicyclic amines) is 1. The van der Waals surface area contributed by atoms with E-state index in [1.165, 1.54) is 0 Å². The first-order valence-electron chi connectivity index (χ1n) is 5.19. The van der Waals surface area contributed by atoms with Crippen molar-refractivity contribution < 1.29 is 19.4 Å². The molecule has 1 atom stereocenters. The number of rotatable bonds is 5. The Balaban J connectivity index is 1.93. The van der Waals surface area contributed by atoms with Gasteiger partial charge in [0.25, 0.3) is 0 Å². The maximum atomic E-state index is 11.1. The van der Waals surface area contributed by atoms with Gasteiger partial charge in [-0.3, -0.25) is 9.69 Å². The van der Waals surface area contributed by atoms with Crippen molar-refractivity contribution >= 4 is 5.97 Å². The highest BCUT2D eigenvalue weighted by atomic mass is 16.7. The minimum Gasteiger partial charge on any atom is -0.480 e. The second kappa shape index (κ2) is 3.73. The van der Waals surface area contributed by atoms with Crippen LogP contribution in [-0.4, -0.2) is 55.1 Å². The minimum absolute atomic E-state index is 0.328. The first-order valence-corrected chi connectivity index (χ1v) is 5.19. The number of hydrogen-bond acceptors (Lipinski definition) is 4. The van der Waals surface area contributed by atoms with Gasteiger partial charge in [0.05, 0.1) is 13.1 Å². The maximum absolute atomic E-state index is 11.1. The van der Waals surface area contributed by atoms with Gasteiger partial charge >= 0.3 is 5.97 Å². The normalized spacial score (nSPS) is 27.1. The highest BCUT2D eigenvalue weighted by Gasteiger charge is 2.52. The molecular weight excluding hydrogens is 198 g/mol. The van der Waals surface area contributed by atoms with Gasteiger partial charge in [0.2, 0.25) is 0 Å². The smallest absolute Gasteiger partial charge is 0.321 e. The Hall–Kier alpha value is -0.650. The molecule has 1 heterocycles. The molecule has 5 heteroatoms. The summed E-state index contributed by atoms with van der Waals surface area (Å²) in [4.78, 5) is 13.0. The number of carbonyl (C=O) groups is 1. The highest BCUT2D eigenvalue weighted by Crippen LogP contribution is 2.39. The molecule has 0 aromatic heterocycles. The first kappa shape index (κ1) is 10.9. The first-order chi connectivity index (χ1) is 7.12. The van der Waals surface area contributed by atoms with Gasteiger partial charge in [0.15, 0.2) is 5.79 Å².